The minimum Gasteiger partial charge on any atom is -0.331 e. The molecule has 25 heavy (non-hydrogen) atoms. The molecule has 0 radical (unpaired) electrons. The standard InChI is InChI=1S/C21H22N4/c1-13-9-10-17(20-18(13)23-16(4)24(20)5)21-22-11-12-25(21)19-14(2)7-6-8-15(19)3/h6-12H,1-5H3. The first-order valence-electron chi connectivity index (χ1n) is 8.52. The second-order valence-corrected chi connectivity index (χ2v) is 6.71. The van der Waals surface area contributed by atoms with E-state index in [9.17, 15) is 0 Å². The van der Waals surface area contributed by atoms with Crippen LogP contribution in [0.3, 0.4) is 0 Å². The first-order chi connectivity index (χ1) is 12.0. The van der Waals surface area contributed by atoms with Crippen LogP contribution in [0, 0.1) is 27.7 Å². The van der Waals surface area contributed by atoms with E-state index in [0.29, 0.717) is 0 Å². The van der Waals surface area contributed by atoms with Gasteiger partial charge in [-0.1, -0.05) is 24.3 Å². The van der Waals surface area contributed by atoms with Crippen LogP contribution < -0.4 is 0 Å². The number of benzene rings is 2. The van der Waals surface area contributed by atoms with Crippen LogP contribution in [0.15, 0.2) is 42.7 Å². The second kappa shape index (κ2) is 5.59. The third-order valence-corrected chi connectivity index (χ3v) is 5.01. The van der Waals surface area contributed by atoms with Crippen LogP contribution in [-0.2, 0) is 7.05 Å². The molecule has 0 saturated carbocycles. The van der Waals surface area contributed by atoms with E-state index in [1.807, 2.05) is 19.3 Å². The van der Waals surface area contributed by atoms with Crippen LogP contribution in [0.4, 0.5) is 0 Å². The monoisotopic (exact) mass is 330 g/mol. The molecule has 0 aliphatic rings. The highest BCUT2D eigenvalue weighted by Gasteiger charge is 2.18. The minimum atomic E-state index is 0.949. The highest BCUT2D eigenvalue weighted by Crippen LogP contribution is 2.32. The first kappa shape index (κ1) is 15.6. The van der Waals surface area contributed by atoms with Crippen LogP contribution in [0.1, 0.15) is 22.5 Å². The molecule has 0 spiro atoms. The summed E-state index contributed by atoms with van der Waals surface area (Å²) in [5.41, 5.74) is 8.16. The molecule has 2 aromatic heterocycles. The maximum atomic E-state index is 4.75. The van der Waals surface area contributed by atoms with E-state index in [1.54, 1.807) is 0 Å². The fourth-order valence-electron chi connectivity index (χ4n) is 3.61. The fraction of sp³-hybridized carbons (Fsp3) is 0.238. The molecule has 4 rings (SSSR count). The number of aromatic nitrogens is 4. The van der Waals surface area contributed by atoms with Gasteiger partial charge < -0.3 is 4.57 Å². The summed E-state index contributed by atoms with van der Waals surface area (Å²) < 4.78 is 4.35. The lowest BCUT2D eigenvalue weighted by Gasteiger charge is -2.15. The summed E-state index contributed by atoms with van der Waals surface area (Å²) in [5.74, 6) is 1.96. The van der Waals surface area contributed by atoms with Crippen LogP contribution in [-0.4, -0.2) is 19.1 Å². The second-order valence-electron chi connectivity index (χ2n) is 6.71. The average Bonchev–Trinajstić information content (AvgIpc) is 3.15. The van der Waals surface area contributed by atoms with Crippen molar-refractivity contribution >= 4 is 11.0 Å². The van der Waals surface area contributed by atoms with E-state index in [-0.39, 0.29) is 0 Å². The van der Waals surface area contributed by atoms with Crippen molar-refractivity contribution in [2.24, 2.45) is 7.05 Å². The summed E-state index contributed by atoms with van der Waals surface area (Å²) in [6.45, 7) is 8.44. The van der Waals surface area contributed by atoms with Gasteiger partial charge in [0.1, 0.15) is 11.6 Å². The Balaban J connectivity index is 2.05. The van der Waals surface area contributed by atoms with Gasteiger partial charge in [-0.15, -0.1) is 0 Å². The van der Waals surface area contributed by atoms with E-state index in [2.05, 4.69) is 67.3 Å². The molecule has 4 nitrogen and oxygen atoms in total. The Labute approximate surface area is 147 Å². The molecule has 4 heteroatoms. The molecular weight excluding hydrogens is 308 g/mol. The summed E-state index contributed by atoms with van der Waals surface area (Å²) in [7, 11) is 2.07. The Bertz CT molecular complexity index is 1080. The molecule has 0 unspecified atom stereocenters. The highest BCUT2D eigenvalue weighted by atomic mass is 15.1. The molecule has 0 fully saturated rings. The summed E-state index contributed by atoms with van der Waals surface area (Å²) in [6, 6.07) is 10.7. The smallest absolute Gasteiger partial charge is 0.146 e. The Morgan fingerprint density at radius 1 is 0.880 bits per heavy atom. The maximum absolute atomic E-state index is 4.75. The zero-order chi connectivity index (χ0) is 17.7. The highest BCUT2D eigenvalue weighted by molar-refractivity contribution is 5.93. The minimum absolute atomic E-state index is 0.949. The Kier molecular flexibility index (Phi) is 3.49. The normalized spacial score (nSPS) is 11.4. The van der Waals surface area contributed by atoms with Gasteiger partial charge in [-0.3, -0.25) is 4.57 Å². The van der Waals surface area contributed by atoms with Gasteiger partial charge in [-0.05, 0) is 50.5 Å². The number of imidazole rings is 2. The zero-order valence-electron chi connectivity index (χ0n) is 15.3. The van der Waals surface area contributed by atoms with Crippen molar-refractivity contribution in [3.63, 3.8) is 0 Å². The molecule has 0 atom stereocenters. The molecule has 0 amide bonds. The number of hydrogen-bond acceptors (Lipinski definition) is 2. The van der Waals surface area contributed by atoms with E-state index < -0.39 is 0 Å². The molecule has 0 bridgehead atoms. The average molecular weight is 330 g/mol. The van der Waals surface area contributed by atoms with Gasteiger partial charge in [0, 0.05) is 25.0 Å². The molecule has 0 saturated heterocycles. The van der Waals surface area contributed by atoms with Crippen molar-refractivity contribution in [2.75, 3.05) is 0 Å². The zero-order valence-corrected chi connectivity index (χ0v) is 15.3. The number of nitrogens with zero attached hydrogens (tertiary/aromatic N) is 4. The molecular formula is C21H22N4. The largest absolute Gasteiger partial charge is 0.331 e. The van der Waals surface area contributed by atoms with Crippen molar-refractivity contribution < 1.29 is 0 Å². The lowest BCUT2D eigenvalue weighted by Crippen LogP contribution is -2.03. The molecule has 126 valence electrons. The van der Waals surface area contributed by atoms with Crippen molar-refractivity contribution in [3.8, 4) is 17.1 Å². The molecule has 2 aromatic carbocycles. The van der Waals surface area contributed by atoms with Gasteiger partial charge in [0.25, 0.3) is 0 Å². The van der Waals surface area contributed by atoms with Gasteiger partial charge >= 0.3 is 0 Å². The molecule has 0 aliphatic heterocycles. The molecule has 0 N–H and O–H groups in total. The maximum Gasteiger partial charge on any atom is 0.146 e. The van der Waals surface area contributed by atoms with Gasteiger partial charge in [-0.25, -0.2) is 9.97 Å². The van der Waals surface area contributed by atoms with E-state index in [0.717, 1.165) is 28.2 Å². The van der Waals surface area contributed by atoms with E-state index in [4.69, 9.17) is 9.97 Å². The van der Waals surface area contributed by atoms with Crippen LogP contribution >= 0.6 is 0 Å². The van der Waals surface area contributed by atoms with E-state index in [1.165, 1.54) is 22.4 Å². The summed E-state index contributed by atoms with van der Waals surface area (Å²) in [5, 5.41) is 0. The Morgan fingerprint density at radius 2 is 1.60 bits per heavy atom. The number of hydrogen-bond donors (Lipinski definition) is 0. The molecule has 0 aliphatic carbocycles. The predicted molar refractivity (Wildman–Crippen MR) is 102 cm³/mol. The van der Waals surface area contributed by atoms with E-state index >= 15 is 0 Å². The van der Waals surface area contributed by atoms with Crippen LogP contribution in [0.25, 0.3) is 28.1 Å². The van der Waals surface area contributed by atoms with Crippen molar-refractivity contribution in [1.82, 2.24) is 19.1 Å². The first-order valence-corrected chi connectivity index (χ1v) is 8.52. The summed E-state index contributed by atoms with van der Waals surface area (Å²) in [6.07, 6.45) is 3.91. The number of fused-ring (bicyclic) bond motifs is 1. The third kappa shape index (κ3) is 2.29. The summed E-state index contributed by atoms with van der Waals surface area (Å²) >= 11 is 0. The van der Waals surface area contributed by atoms with Crippen LogP contribution in [0.5, 0.6) is 0 Å². The molecule has 4 aromatic rings. The van der Waals surface area contributed by atoms with Crippen molar-refractivity contribution in [3.05, 3.63) is 65.2 Å². The summed E-state index contributed by atoms with van der Waals surface area (Å²) in [4.78, 5) is 9.44. The Hall–Kier alpha value is -2.88. The van der Waals surface area contributed by atoms with Gasteiger partial charge in [0.05, 0.1) is 16.7 Å². The molecule has 2 heterocycles. The quantitative estimate of drug-likeness (QED) is 0.536. The fourth-order valence-corrected chi connectivity index (χ4v) is 3.61. The third-order valence-electron chi connectivity index (χ3n) is 5.01. The van der Waals surface area contributed by atoms with Crippen molar-refractivity contribution in [2.45, 2.75) is 27.7 Å². The number of para-hydroxylation sites is 1. The Morgan fingerprint density at radius 3 is 2.32 bits per heavy atom. The predicted octanol–water partition coefficient (Wildman–Crippen LogP) is 4.66. The number of aryl methyl sites for hydroxylation is 5. The topological polar surface area (TPSA) is 35.6 Å². The van der Waals surface area contributed by atoms with Crippen LogP contribution in [0.2, 0.25) is 0 Å². The van der Waals surface area contributed by atoms with Gasteiger partial charge in [0.2, 0.25) is 0 Å². The van der Waals surface area contributed by atoms with Gasteiger partial charge in [-0.2, -0.15) is 0 Å². The lowest BCUT2D eigenvalue weighted by atomic mass is 10.1. The van der Waals surface area contributed by atoms with Gasteiger partial charge in [0.15, 0.2) is 0 Å². The SMILES string of the molecule is Cc1cccc(C)c1-n1ccnc1-c1ccc(C)c2nc(C)n(C)c12. The lowest BCUT2D eigenvalue weighted by molar-refractivity contribution is 0.885. The number of rotatable bonds is 2. The van der Waals surface area contributed by atoms with Crippen molar-refractivity contribution in [1.29, 1.82) is 0 Å².